The van der Waals surface area contributed by atoms with Gasteiger partial charge in [0.15, 0.2) is 0 Å². The summed E-state index contributed by atoms with van der Waals surface area (Å²) in [5.41, 5.74) is 0.442. The van der Waals surface area contributed by atoms with E-state index < -0.39 is 6.04 Å². The van der Waals surface area contributed by atoms with Crippen molar-refractivity contribution in [3.63, 3.8) is 0 Å². The van der Waals surface area contributed by atoms with Crippen LogP contribution in [0.1, 0.15) is 30.6 Å². The molecule has 0 fully saturated rings. The lowest BCUT2D eigenvalue weighted by Gasteiger charge is -2.13. The topological polar surface area (TPSA) is 58.2 Å². The van der Waals surface area contributed by atoms with E-state index in [1.54, 1.807) is 31.2 Å². The molecule has 1 atom stereocenters. The SMILES string of the molecule is CCCNC(=O)[C@@H](C)NC(=O)c1cccc(Cl)c1. The summed E-state index contributed by atoms with van der Waals surface area (Å²) in [6.07, 6.45) is 0.862. The first-order valence-electron chi connectivity index (χ1n) is 5.88. The monoisotopic (exact) mass is 268 g/mol. The maximum Gasteiger partial charge on any atom is 0.251 e. The van der Waals surface area contributed by atoms with E-state index >= 15 is 0 Å². The van der Waals surface area contributed by atoms with Crippen LogP contribution in [0.2, 0.25) is 5.02 Å². The molecule has 0 radical (unpaired) electrons. The fourth-order valence-electron chi connectivity index (χ4n) is 1.38. The molecule has 0 aliphatic rings. The van der Waals surface area contributed by atoms with Gasteiger partial charge in [-0.25, -0.2) is 0 Å². The summed E-state index contributed by atoms with van der Waals surface area (Å²) in [5.74, 6) is -0.496. The zero-order valence-electron chi connectivity index (χ0n) is 10.5. The molecule has 0 spiro atoms. The van der Waals surface area contributed by atoms with Gasteiger partial charge in [0.1, 0.15) is 6.04 Å². The van der Waals surface area contributed by atoms with Crippen LogP contribution in [-0.2, 0) is 4.79 Å². The highest BCUT2D eigenvalue weighted by Gasteiger charge is 2.15. The van der Waals surface area contributed by atoms with E-state index in [0.29, 0.717) is 17.1 Å². The van der Waals surface area contributed by atoms with Crippen LogP contribution in [0.25, 0.3) is 0 Å². The maximum atomic E-state index is 11.8. The van der Waals surface area contributed by atoms with Crippen molar-refractivity contribution in [1.82, 2.24) is 10.6 Å². The molecule has 1 rings (SSSR count). The third-order valence-corrected chi connectivity index (χ3v) is 2.61. The summed E-state index contributed by atoms with van der Waals surface area (Å²) < 4.78 is 0. The molecular formula is C13H17ClN2O2. The molecule has 0 aliphatic carbocycles. The van der Waals surface area contributed by atoms with Gasteiger partial charge in [-0.1, -0.05) is 24.6 Å². The van der Waals surface area contributed by atoms with Crippen LogP contribution >= 0.6 is 11.6 Å². The molecule has 0 aliphatic heterocycles. The van der Waals surface area contributed by atoms with Crippen molar-refractivity contribution in [2.24, 2.45) is 0 Å². The molecule has 4 nitrogen and oxygen atoms in total. The van der Waals surface area contributed by atoms with Gasteiger partial charge in [-0.05, 0) is 31.5 Å². The van der Waals surface area contributed by atoms with Crippen LogP contribution in [0.5, 0.6) is 0 Å². The first-order valence-corrected chi connectivity index (χ1v) is 6.26. The van der Waals surface area contributed by atoms with E-state index in [0.717, 1.165) is 6.42 Å². The fraction of sp³-hybridized carbons (Fsp3) is 0.385. The van der Waals surface area contributed by atoms with Gasteiger partial charge in [0.25, 0.3) is 5.91 Å². The number of benzene rings is 1. The summed E-state index contributed by atoms with van der Waals surface area (Å²) >= 11 is 5.80. The molecule has 2 N–H and O–H groups in total. The smallest absolute Gasteiger partial charge is 0.251 e. The van der Waals surface area contributed by atoms with Gasteiger partial charge in [0.2, 0.25) is 5.91 Å². The molecule has 1 aromatic rings. The molecule has 0 aromatic heterocycles. The Hall–Kier alpha value is -1.55. The zero-order chi connectivity index (χ0) is 13.5. The molecule has 0 saturated carbocycles. The van der Waals surface area contributed by atoms with Crippen LogP contribution in [0.4, 0.5) is 0 Å². The third kappa shape index (κ3) is 4.37. The number of hydrogen-bond donors (Lipinski definition) is 2. The van der Waals surface area contributed by atoms with Crippen molar-refractivity contribution >= 4 is 23.4 Å². The van der Waals surface area contributed by atoms with Gasteiger partial charge in [0, 0.05) is 17.1 Å². The second-order valence-corrected chi connectivity index (χ2v) is 4.43. The predicted molar refractivity (Wildman–Crippen MR) is 71.7 cm³/mol. The maximum absolute atomic E-state index is 11.8. The number of halogens is 1. The number of nitrogens with one attached hydrogen (secondary N) is 2. The number of carbonyl (C=O) groups excluding carboxylic acids is 2. The van der Waals surface area contributed by atoms with Crippen molar-refractivity contribution in [1.29, 1.82) is 0 Å². The van der Waals surface area contributed by atoms with Crippen LogP contribution in [-0.4, -0.2) is 24.4 Å². The minimum Gasteiger partial charge on any atom is -0.354 e. The van der Waals surface area contributed by atoms with Gasteiger partial charge < -0.3 is 10.6 Å². The van der Waals surface area contributed by atoms with Gasteiger partial charge in [-0.15, -0.1) is 0 Å². The highest BCUT2D eigenvalue weighted by molar-refractivity contribution is 6.30. The van der Waals surface area contributed by atoms with Crippen molar-refractivity contribution in [2.45, 2.75) is 26.3 Å². The molecule has 18 heavy (non-hydrogen) atoms. The summed E-state index contributed by atoms with van der Waals surface area (Å²) in [6.45, 7) is 4.22. The van der Waals surface area contributed by atoms with Crippen molar-refractivity contribution in [3.8, 4) is 0 Å². The van der Waals surface area contributed by atoms with E-state index in [1.165, 1.54) is 0 Å². The molecule has 0 unspecified atom stereocenters. The second kappa shape index (κ2) is 7.01. The van der Waals surface area contributed by atoms with E-state index in [-0.39, 0.29) is 11.8 Å². The Balaban J connectivity index is 2.56. The second-order valence-electron chi connectivity index (χ2n) is 4.00. The lowest BCUT2D eigenvalue weighted by atomic mass is 10.2. The van der Waals surface area contributed by atoms with Crippen molar-refractivity contribution in [2.75, 3.05) is 6.54 Å². The van der Waals surface area contributed by atoms with Gasteiger partial charge in [-0.3, -0.25) is 9.59 Å². The zero-order valence-corrected chi connectivity index (χ0v) is 11.3. The van der Waals surface area contributed by atoms with Crippen LogP contribution in [0.3, 0.4) is 0 Å². The lowest BCUT2D eigenvalue weighted by Crippen LogP contribution is -2.44. The molecule has 0 bridgehead atoms. The molecule has 2 amide bonds. The quantitative estimate of drug-likeness (QED) is 0.858. The minimum atomic E-state index is -0.567. The molecule has 98 valence electrons. The Bertz CT molecular complexity index is 435. The molecule has 1 aromatic carbocycles. The van der Waals surface area contributed by atoms with E-state index in [2.05, 4.69) is 10.6 Å². The third-order valence-electron chi connectivity index (χ3n) is 2.38. The normalized spacial score (nSPS) is 11.7. The highest BCUT2D eigenvalue weighted by atomic mass is 35.5. The summed E-state index contributed by atoms with van der Waals surface area (Å²) in [7, 11) is 0. The predicted octanol–water partition coefficient (Wildman–Crippen LogP) is 1.98. The van der Waals surface area contributed by atoms with Crippen LogP contribution < -0.4 is 10.6 Å². The van der Waals surface area contributed by atoms with Gasteiger partial charge in [-0.2, -0.15) is 0 Å². The molecule has 0 heterocycles. The highest BCUT2D eigenvalue weighted by Crippen LogP contribution is 2.10. The standard InChI is InChI=1S/C13H17ClN2O2/c1-3-7-15-12(17)9(2)16-13(18)10-5-4-6-11(14)8-10/h4-6,8-9H,3,7H2,1-2H3,(H,15,17)(H,16,18)/t9-/m1/s1. The molecule has 0 saturated heterocycles. The van der Waals surface area contributed by atoms with E-state index in [9.17, 15) is 9.59 Å². The van der Waals surface area contributed by atoms with Crippen molar-refractivity contribution in [3.05, 3.63) is 34.9 Å². The number of rotatable bonds is 5. The summed E-state index contributed by atoms with van der Waals surface area (Å²) in [6, 6.07) is 6.03. The number of carbonyl (C=O) groups is 2. The van der Waals surface area contributed by atoms with Gasteiger partial charge in [0.05, 0.1) is 0 Å². The average Bonchev–Trinajstić information content (AvgIpc) is 2.35. The Morgan fingerprint density at radius 2 is 2.11 bits per heavy atom. The first kappa shape index (κ1) is 14.5. The van der Waals surface area contributed by atoms with Crippen LogP contribution in [0, 0.1) is 0 Å². The Morgan fingerprint density at radius 3 is 2.72 bits per heavy atom. The summed E-state index contributed by atoms with van der Waals surface area (Å²) in [5, 5.41) is 5.83. The van der Waals surface area contributed by atoms with E-state index in [1.807, 2.05) is 6.92 Å². The van der Waals surface area contributed by atoms with E-state index in [4.69, 9.17) is 11.6 Å². The van der Waals surface area contributed by atoms with Crippen LogP contribution in [0.15, 0.2) is 24.3 Å². The molecule has 5 heteroatoms. The van der Waals surface area contributed by atoms with Gasteiger partial charge >= 0.3 is 0 Å². The Labute approximate surface area is 112 Å². The minimum absolute atomic E-state index is 0.188. The Morgan fingerprint density at radius 1 is 1.39 bits per heavy atom. The summed E-state index contributed by atoms with van der Waals surface area (Å²) in [4.78, 5) is 23.4. The number of amides is 2. The first-order chi connectivity index (χ1) is 8.54. The largest absolute Gasteiger partial charge is 0.354 e. The van der Waals surface area contributed by atoms with Crippen molar-refractivity contribution < 1.29 is 9.59 Å². The molecular weight excluding hydrogens is 252 g/mol. The number of hydrogen-bond acceptors (Lipinski definition) is 2. The average molecular weight is 269 g/mol. The fourth-order valence-corrected chi connectivity index (χ4v) is 1.57. The lowest BCUT2D eigenvalue weighted by molar-refractivity contribution is -0.122. The Kier molecular flexibility index (Phi) is 5.65.